The second-order valence-electron chi connectivity index (χ2n) is 4.27. The summed E-state index contributed by atoms with van der Waals surface area (Å²) < 4.78 is 0.846. The van der Waals surface area contributed by atoms with Crippen molar-refractivity contribution < 1.29 is 5.11 Å². The molecular formula is C15H13BrN2O. The van der Waals surface area contributed by atoms with Crippen LogP contribution in [-0.2, 0) is 0 Å². The molecule has 2 N–H and O–H groups in total. The first-order chi connectivity index (χ1) is 9.10. The molecule has 0 aliphatic heterocycles. The van der Waals surface area contributed by atoms with Crippen LogP contribution in [0.15, 0.2) is 46.9 Å². The van der Waals surface area contributed by atoms with Gasteiger partial charge in [-0.3, -0.25) is 0 Å². The molecule has 19 heavy (non-hydrogen) atoms. The average molecular weight is 317 g/mol. The Balaban J connectivity index is 2.20. The standard InChI is InChI=1S/C15H13BrN2O/c1-10(12-3-2-4-13(19)8-12)18-15-6-5-11(9-17)7-14(15)16/h2-8,10,18-19H,1H3. The van der Waals surface area contributed by atoms with Crippen LogP contribution in [0.2, 0.25) is 0 Å². The van der Waals surface area contributed by atoms with Crippen LogP contribution in [0, 0.1) is 11.3 Å². The van der Waals surface area contributed by atoms with E-state index in [-0.39, 0.29) is 11.8 Å². The molecule has 2 rings (SSSR count). The van der Waals surface area contributed by atoms with E-state index in [9.17, 15) is 5.11 Å². The van der Waals surface area contributed by atoms with Gasteiger partial charge in [-0.2, -0.15) is 5.26 Å². The smallest absolute Gasteiger partial charge is 0.115 e. The molecule has 0 fully saturated rings. The maximum Gasteiger partial charge on any atom is 0.115 e. The fourth-order valence-corrected chi connectivity index (χ4v) is 2.31. The highest BCUT2D eigenvalue weighted by Crippen LogP contribution is 2.28. The second kappa shape index (κ2) is 5.77. The lowest BCUT2D eigenvalue weighted by Crippen LogP contribution is -2.06. The van der Waals surface area contributed by atoms with Crippen molar-refractivity contribution in [1.29, 1.82) is 5.26 Å². The predicted octanol–water partition coefficient (Wildman–Crippen LogP) is 4.20. The first-order valence-electron chi connectivity index (χ1n) is 5.85. The van der Waals surface area contributed by atoms with Crippen LogP contribution in [0.1, 0.15) is 24.1 Å². The summed E-state index contributed by atoms with van der Waals surface area (Å²) in [4.78, 5) is 0. The van der Waals surface area contributed by atoms with E-state index in [1.54, 1.807) is 24.3 Å². The summed E-state index contributed by atoms with van der Waals surface area (Å²) >= 11 is 3.44. The topological polar surface area (TPSA) is 56.0 Å². The second-order valence-corrected chi connectivity index (χ2v) is 5.12. The highest BCUT2D eigenvalue weighted by molar-refractivity contribution is 9.10. The van der Waals surface area contributed by atoms with E-state index in [4.69, 9.17) is 5.26 Å². The summed E-state index contributed by atoms with van der Waals surface area (Å²) in [5.41, 5.74) is 2.52. The van der Waals surface area contributed by atoms with E-state index in [1.165, 1.54) is 0 Å². The number of nitrogens with one attached hydrogen (secondary N) is 1. The van der Waals surface area contributed by atoms with Gasteiger partial charge >= 0.3 is 0 Å². The first-order valence-corrected chi connectivity index (χ1v) is 6.64. The lowest BCUT2D eigenvalue weighted by atomic mass is 10.1. The number of anilines is 1. The SMILES string of the molecule is CC(Nc1ccc(C#N)cc1Br)c1cccc(O)c1. The maximum atomic E-state index is 9.48. The molecule has 0 radical (unpaired) electrons. The van der Waals surface area contributed by atoms with Gasteiger partial charge in [0.1, 0.15) is 5.75 Å². The summed E-state index contributed by atoms with van der Waals surface area (Å²) in [6, 6.07) is 14.7. The number of nitrogens with zero attached hydrogens (tertiary/aromatic N) is 1. The molecular weight excluding hydrogens is 304 g/mol. The van der Waals surface area contributed by atoms with E-state index in [2.05, 4.69) is 27.3 Å². The van der Waals surface area contributed by atoms with Crippen LogP contribution in [-0.4, -0.2) is 5.11 Å². The Morgan fingerprint density at radius 3 is 2.68 bits per heavy atom. The number of rotatable bonds is 3. The minimum Gasteiger partial charge on any atom is -0.508 e. The third kappa shape index (κ3) is 3.27. The molecule has 0 heterocycles. The van der Waals surface area contributed by atoms with Crippen molar-refractivity contribution in [3.05, 3.63) is 58.1 Å². The van der Waals surface area contributed by atoms with Gasteiger partial charge in [-0.15, -0.1) is 0 Å². The Morgan fingerprint density at radius 2 is 2.05 bits per heavy atom. The number of benzene rings is 2. The molecule has 2 aromatic carbocycles. The first kappa shape index (κ1) is 13.4. The van der Waals surface area contributed by atoms with Crippen LogP contribution in [0.25, 0.3) is 0 Å². The van der Waals surface area contributed by atoms with Crippen LogP contribution < -0.4 is 5.32 Å². The Morgan fingerprint density at radius 1 is 1.26 bits per heavy atom. The van der Waals surface area contributed by atoms with Gasteiger partial charge in [-0.25, -0.2) is 0 Å². The summed E-state index contributed by atoms with van der Waals surface area (Å²) in [6.45, 7) is 2.01. The van der Waals surface area contributed by atoms with Crippen LogP contribution in [0.5, 0.6) is 5.75 Å². The molecule has 0 saturated carbocycles. The fourth-order valence-electron chi connectivity index (χ4n) is 1.81. The normalized spacial score (nSPS) is 11.6. The molecule has 4 heteroatoms. The lowest BCUT2D eigenvalue weighted by Gasteiger charge is -2.17. The number of hydrogen-bond donors (Lipinski definition) is 2. The molecule has 96 valence electrons. The zero-order valence-electron chi connectivity index (χ0n) is 10.4. The van der Waals surface area contributed by atoms with Crippen molar-refractivity contribution in [2.75, 3.05) is 5.32 Å². The van der Waals surface area contributed by atoms with Crippen molar-refractivity contribution in [2.45, 2.75) is 13.0 Å². The van der Waals surface area contributed by atoms with Gasteiger partial charge in [-0.1, -0.05) is 12.1 Å². The molecule has 3 nitrogen and oxygen atoms in total. The zero-order valence-corrected chi connectivity index (χ0v) is 12.0. The van der Waals surface area contributed by atoms with Gasteiger partial charge in [0.2, 0.25) is 0 Å². The van der Waals surface area contributed by atoms with E-state index in [0.717, 1.165) is 15.7 Å². The molecule has 0 amide bonds. The number of aromatic hydroxyl groups is 1. The summed E-state index contributed by atoms with van der Waals surface area (Å²) in [6.07, 6.45) is 0. The summed E-state index contributed by atoms with van der Waals surface area (Å²) in [5, 5.41) is 21.6. The highest BCUT2D eigenvalue weighted by atomic mass is 79.9. The minimum absolute atomic E-state index is 0.0522. The molecule has 0 aliphatic carbocycles. The monoisotopic (exact) mass is 316 g/mol. The Kier molecular flexibility index (Phi) is 4.08. The molecule has 1 unspecified atom stereocenters. The Labute approximate surface area is 120 Å². The molecule has 0 spiro atoms. The van der Waals surface area contributed by atoms with Crippen molar-refractivity contribution in [1.82, 2.24) is 0 Å². The van der Waals surface area contributed by atoms with Crippen LogP contribution >= 0.6 is 15.9 Å². The van der Waals surface area contributed by atoms with Crippen LogP contribution in [0.4, 0.5) is 5.69 Å². The van der Waals surface area contributed by atoms with Gasteiger partial charge in [0.15, 0.2) is 0 Å². The lowest BCUT2D eigenvalue weighted by molar-refractivity contribution is 0.474. The van der Waals surface area contributed by atoms with Gasteiger partial charge < -0.3 is 10.4 Å². The van der Waals surface area contributed by atoms with Crippen molar-refractivity contribution in [3.63, 3.8) is 0 Å². The van der Waals surface area contributed by atoms with E-state index in [1.807, 2.05) is 25.1 Å². The molecule has 2 aromatic rings. The molecule has 0 bridgehead atoms. The van der Waals surface area contributed by atoms with Crippen LogP contribution in [0.3, 0.4) is 0 Å². The third-order valence-electron chi connectivity index (χ3n) is 2.84. The average Bonchev–Trinajstić information content (AvgIpc) is 2.41. The summed E-state index contributed by atoms with van der Waals surface area (Å²) in [5.74, 6) is 0.255. The highest BCUT2D eigenvalue weighted by Gasteiger charge is 2.08. The van der Waals surface area contributed by atoms with E-state index < -0.39 is 0 Å². The van der Waals surface area contributed by atoms with Crippen molar-refractivity contribution >= 4 is 21.6 Å². The Hall–Kier alpha value is -1.99. The largest absolute Gasteiger partial charge is 0.508 e. The minimum atomic E-state index is 0.0522. The van der Waals surface area contributed by atoms with Gasteiger partial charge in [-0.05, 0) is 58.7 Å². The Bertz CT molecular complexity index is 634. The summed E-state index contributed by atoms with van der Waals surface area (Å²) in [7, 11) is 0. The number of halogens is 1. The van der Waals surface area contributed by atoms with Crippen molar-refractivity contribution in [2.24, 2.45) is 0 Å². The zero-order chi connectivity index (χ0) is 13.8. The van der Waals surface area contributed by atoms with E-state index >= 15 is 0 Å². The van der Waals surface area contributed by atoms with Gasteiger partial charge in [0, 0.05) is 16.2 Å². The molecule has 0 aliphatic rings. The van der Waals surface area contributed by atoms with Crippen molar-refractivity contribution in [3.8, 4) is 11.8 Å². The van der Waals surface area contributed by atoms with E-state index in [0.29, 0.717) is 5.56 Å². The van der Waals surface area contributed by atoms with Gasteiger partial charge in [0.25, 0.3) is 0 Å². The molecule has 0 saturated heterocycles. The number of nitriles is 1. The molecule has 1 atom stereocenters. The number of phenols is 1. The number of hydrogen-bond acceptors (Lipinski definition) is 3. The van der Waals surface area contributed by atoms with Gasteiger partial charge in [0.05, 0.1) is 11.6 Å². The molecule has 0 aromatic heterocycles. The predicted molar refractivity (Wildman–Crippen MR) is 79.0 cm³/mol. The number of phenolic OH excluding ortho intramolecular Hbond substituents is 1. The maximum absolute atomic E-state index is 9.48. The quantitative estimate of drug-likeness (QED) is 0.892. The third-order valence-corrected chi connectivity index (χ3v) is 3.50. The fraction of sp³-hybridized carbons (Fsp3) is 0.133.